The molecule has 0 aromatic heterocycles. The molecule has 5 heteroatoms. The molecule has 2 aromatic carbocycles. The van der Waals surface area contributed by atoms with E-state index in [4.69, 9.17) is 33.7 Å². The summed E-state index contributed by atoms with van der Waals surface area (Å²) in [7, 11) is 1.56. The van der Waals surface area contributed by atoms with Crippen LogP contribution in [0.3, 0.4) is 0 Å². The molecule has 0 spiro atoms. The molecule has 0 bridgehead atoms. The number of rotatable bonds is 5. The highest BCUT2D eigenvalue weighted by atomic mass is 35.5. The van der Waals surface area contributed by atoms with Gasteiger partial charge in [0, 0.05) is 21.5 Å². The molecule has 0 aliphatic carbocycles. The van der Waals surface area contributed by atoms with E-state index >= 15 is 0 Å². The molecule has 112 valence electrons. The average Bonchev–Trinajstić information content (AvgIpc) is 2.46. The minimum Gasteiger partial charge on any atom is -0.496 e. The van der Waals surface area contributed by atoms with Crippen LogP contribution in [0.1, 0.15) is 17.0 Å². The van der Waals surface area contributed by atoms with Gasteiger partial charge in [0.15, 0.2) is 0 Å². The molecule has 1 unspecified atom stereocenters. The zero-order valence-electron chi connectivity index (χ0n) is 11.6. The van der Waals surface area contributed by atoms with Gasteiger partial charge in [0.1, 0.15) is 11.6 Å². The van der Waals surface area contributed by atoms with Crippen LogP contribution < -0.4 is 10.5 Å². The molecule has 0 aliphatic rings. The van der Waals surface area contributed by atoms with Gasteiger partial charge in [-0.2, -0.15) is 0 Å². The number of methoxy groups -OCH3 is 1. The van der Waals surface area contributed by atoms with Gasteiger partial charge in [-0.15, -0.1) is 0 Å². The number of halogens is 3. The predicted octanol–water partition coefficient (Wildman–Crippen LogP) is 4.43. The molecule has 0 aliphatic heterocycles. The van der Waals surface area contributed by atoms with Crippen molar-refractivity contribution >= 4 is 23.2 Å². The Morgan fingerprint density at radius 1 is 1.19 bits per heavy atom. The molecule has 2 rings (SSSR count). The lowest BCUT2D eigenvalue weighted by Gasteiger charge is -2.19. The fourth-order valence-corrected chi connectivity index (χ4v) is 2.78. The minimum absolute atomic E-state index is 0.0886. The van der Waals surface area contributed by atoms with Crippen molar-refractivity contribution in [3.63, 3.8) is 0 Å². The summed E-state index contributed by atoms with van der Waals surface area (Å²) in [5.41, 5.74) is 7.52. The van der Waals surface area contributed by atoms with Gasteiger partial charge >= 0.3 is 0 Å². The monoisotopic (exact) mass is 327 g/mol. The van der Waals surface area contributed by atoms with Gasteiger partial charge in [0.2, 0.25) is 0 Å². The maximum atomic E-state index is 13.5. The van der Waals surface area contributed by atoms with Gasteiger partial charge in [0.25, 0.3) is 0 Å². The Hall–Kier alpha value is -1.29. The molecular formula is C16H16Cl2FNO. The lowest BCUT2D eigenvalue weighted by molar-refractivity contribution is 0.403. The van der Waals surface area contributed by atoms with E-state index in [1.807, 2.05) is 6.07 Å². The molecule has 0 radical (unpaired) electrons. The highest BCUT2D eigenvalue weighted by Gasteiger charge is 2.18. The van der Waals surface area contributed by atoms with E-state index in [9.17, 15) is 4.39 Å². The first-order chi connectivity index (χ1) is 10.0. The van der Waals surface area contributed by atoms with Crippen molar-refractivity contribution in [2.24, 2.45) is 5.73 Å². The second-order valence-corrected chi connectivity index (χ2v) is 5.60. The van der Waals surface area contributed by atoms with Crippen LogP contribution in [0.5, 0.6) is 5.75 Å². The van der Waals surface area contributed by atoms with Crippen molar-refractivity contribution in [1.29, 1.82) is 0 Å². The van der Waals surface area contributed by atoms with E-state index in [1.165, 1.54) is 12.1 Å². The molecule has 0 fully saturated rings. The van der Waals surface area contributed by atoms with Crippen molar-refractivity contribution in [3.05, 3.63) is 63.4 Å². The SMILES string of the molecule is COc1ccc(F)cc1C(CN)Cc1ccc(Cl)cc1Cl. The summed E-state index contributed by atoms with van der Waals surface area (Å²) in [6, 6.07) is 9.76. The number of hydrogen-bond acceptors (Lipinski definition) is 2. The van der Waals surface area contributed by atoms with Crippen LogP contribution in [0, 0.1) is 5.82 Å². The summed E-state index contributed by atoms with van der Waals surface area (Å²) in [6.45, 7) is 0.360. The minimum atomic E-state index is -0.313. The lowest BCUT2D eigenvalue weighted by Crippen LogP contribution is -2.16. The first kappa shape index (κ1) is 16.1. The molecule has 2 nitrogen and oxygen atoms in total. The Morgan fingerprint density at radius 2 is 1.95 bits per heavy atom. The van der Waals surface area contributed by atoms with E-state index < -0.39 is 0 Å². The van der Waals surface area contributed by atoms with E-state index in [0.29, 0.717) is 28.8 Å². The molecule has 0 saturated heterocycles. The highest BCUT2D eigenvalue weighted by molar-refractivity contribution is 6.35. The molecule has 21 heavy (non-hydrogen) atoms. The predicted molar refractivity (Wildman–Crippen MR) is 84.9 cm³/mol. The number of nitrogens with two attached hydrogens (primary N) is 1. The Morgan fingerprint density at radius 3 is 2.57 bits per heavy atom. The third-order valence-corrected chi connectivity index (χ3v) is 3.98. The van der Waals surface area contributed by atoms with Crippen LogP contribution in [0.4, 0.5) is 4.39 Å². The molecule has 2 aromatic rings. The van der Waals surface area contributed by atoms with E-state index in [-0.39, 0.29) is 11.7 Å². The average molecular weight is 328 g/mol. The Kier molecular flexibility index (Phi) is 5.45. The lowest BCUT2D eigenvalue weighted by atomic mass is 9.91. The zero-order chi connectivity index (χ0) is 15.4. The highest BCUT2D eigenvalue weighted by Crippen LogP contribution is 2.32. The summed E-state index contributed by atoms with van der Waals surface area (Å²) in [5, 5.41) is 1.16. The molecule has 0 heterocycles. The van der Waals surface area contributed by atoms with Crippen LogP contribution in [0.25, 0.3) is 0 Å². The van der Waals surface area contributed by atoms with Crippen molar-refractivity contribution in [2.45, 2.75) is 12.3 Å². The fraction of sp³-hybridized carbons (Fsp3) is 0.250. The van der Waals surface area contributed by atoms with Crippen LogP contribution >= 0.6 is 23.2 Å². The molecule has 0 saturated carbocycles. The largest absolute Gasteiger partial charge is 0.496 e. The van der Waals surface area contributed by atoms with Gasteiger partial charge in [-0.05, 0) is 48.9 Å². The third-order valence-electron chi connectivity index (χ3n) is 3.40. The van der Waals surface area contributed by atoms with Crippen LogP contribution in [-0.4, -0.2) is 13.7 Å². The van der Waals surface area contributed by atoms with Crippen LogP contribution in [-0.2, 0) is 6.42 Å². The van der Waals surface area contributed by atoms with E-state index in [0.717, 1.165) is 11.1 Å². The maximum Gasteiger partial charge on any atom is 0.123 e. The van der Waals surface area contributed by atoms with Gasteiger partial charge < -0.3 is 10.5 Å². The van der Waals surface area contributed by atoms with Crippen molar-refractivity contribution < 1.29 is 9.13 Å². The molecule has 0 amide bonds. The molecule has 2 N–H and O–H groups in total. The van der Waals surface area contributed by atoms with Crippen molar-refractivity contribution in [1.82, 2.24) is 0 Å². The normalized spacial score (nSPS) is 12.2. The number of ether oxygens (including phenoxy) is 1. The van der Waals surface area contributed by atoms with Gasteiger partial charge in [0.05, 0.1) is 7.11 Å². The van der Waals surface area contributed by atoms with Crippen molar-refractivity contribution in [3.8, 4) is 5.75 Å². The fourth-order valence-electron chi connectivity index (χ4n) is 2.30. The Bertz CT molecular complexity index is 634. The number of hydrogen-bond donors (Lipinski definition) is 1. The van der Waals surface area contributed by atoms with Gasteiger partial charge in [-0.1, -0.05) is 29.3 Å². The molecule has 1 atom stereocenters. The maximum absolute atomic E-state index is 13.5. The summed E-state index contributed by atoms with van der Waals surface area (Å²) in [5.74, 6) is 0.220. The topological polar surface area (TPSA) is 35.2 Å². The van der Waals surface area contributed by atoms with E-state index in [2.05, 4.69) is 0 Å². The summed E-state index contributed by atoms with van der Waals surface area (Å²) in [4.78, 5) is 0. The van der Waals surface area contributed by atoms with Crippen molar-refractivity contribution in [2.75, 3.05) is 13.7 Å². The third kappa shape index (κ3) is 3.88. The van der Waals surface area contributed by atoms with Crippen LogP contribution in [0.2, 0.25) is 10.0 Å². The molecular weight excluding hydrogens is 312 g/mol. The standard InChI is InChI=1S/C16H16Cl2FNO/c1-21-16-5-4-13(19)8-14(16)11(9-20)6-10-2-3-12(17)7-15(10)18/h2-5,7-8,11H,6,9,20H2,1H3. The summed E-state index contributed by atoms with van der Waals surface area (Å²) in [6.07, 6.45) is 0.590. The summed E-state index contributed by atoms with van der Waals surface area (Å²) < 4.78 is 18.8. The summed E-state index contributed by atoms with van der Waals surface area (Å²) >= 11 is 12.1. The van der Waals surface area contributed by atoms with Gasteiger partial charge in [-0.25, -0.2) is 4.39 Å². The number of benzene rings is 2. The second kappa shape index (κ2) is 7.12. The Labute approximate surface area is 133 Å². The second-order valence-electron chi connectivity index (χ2n) is 4.76. The quantitative estimate of drug-likeness (QED) is 0.881. The van der Waals surface area contributed by atoms with Crippen LogP contribution in [0.15, 0.2) is 36.4 Å². The van der Waals surface area contributed by atoms with Gasteiger partial charge in [-0.3, -0.25) is 0 Å². The van der Waals surface area contributed by atoms with E-state index in [1.54, 1.807) is 25.3 Å². The zero-order valence-corrected chi connectivity index (χ0v) is 13.1. The Balaban J connectivity index is 2.34. The smallest absolute Gasteiger partial charge is 0.123 e. The first-order valence-corrected chi connectivity index (χ1v) is 7.28. The first-order valence-electron chi connectivity index (χ1n) is 6.52.